The molecule has 0 atom stereocenters. The molecule has 0 spiro atoms. The summed E-state index contributed by atoms with van der Waals surface area (Å²) in [6.45, 7) is 6.50. The Balaban J connectivity index is 2.78. The minimum atomic E-state index is 0.436. The predicted octanol–water partition coefficient (Wildman–Crippen LogP) is 4.66. The molecule has 1 aromatic carbocycles. The first-order valence-corrected chi connectivity index (χ1v) is 6.68. The summed E-state index contributed by atoms with van der Waals surface area (Å²) in [6.07, 6.45) is 1.01. The summed E-state index contributed by atoms with van der Waals surface area (Å²) in [6, 6.07) is 8.49. The van der Waals surface area contributed by atoms with Crippen molar-refractivity contribution >= 4 is 22.5 Å². The van der Waals surface area contributed by atoms with Gasteiger partial charge in [-0.05, 0) is 29.5 Å². The van der Waals surface area contributed by atoms with Crippen molar-refractivity contribution < 1.29 is 0 Å². The Labute approximate surface area is 108 Å². The summed E-state index contributed by atoms with van der Waals surface area (Å²) in [5.41, 5.74) is 4.75. The fourth-order valence-corrected chi connectivity index (χ4v) is 2.31. The van der Waals surface area contributed by atoms with E-state index in [1.54, 1.807) is 0 Å². The van der Waals surface area contributed by atoms with Crippen molar-refractivity contribution in [2.75, 3.05) is 0 Å². The van der Waals surface area contributed by atoms with Crippen LogP contribution >= 0.6 is 11.6 Å². The summed E-state index contributed by atoms with van der Waals surface area (Å²) in [4.78, 5) is 4.80. The minimum absolute atomic E-state index is 0.436. The molecule has 0 bridgehead atoms. The van der Waals surface area contributed by atoms with E-state index in [4.69, 9.17) is 16.6 Å². The first-order valence-electron chi connectivity index (χ1n) is 6.14. The average molecular weight is 248 g/mol. The monoisotopic (exact) mass is 247 g/mol. The lowest BCUT2D eigenvalue weighted by atomic mass is 10.0. The zero-order valence-corrected chi connectivity index (χ0v) is 11.4. The number of pyridine rings is 1. The van der Waals surface area contributed by atoms with Gasteiger partial charge >= 0.3 is 0 Å². The quantitative estimate of drug-likeness (QED) is 0.719. The van der Waals surface area contributed by atoms with Crippen LogP contribution in [0.4, 0.5) is 0 Å². The number of para-hydroxylation sites is 1. The van der Waals surface area contributed by atoms with Crippen molar-refractivity contribution in [2.24, 2.45) is 0 Å². The van der Waals surface area contributed by atoms with E-state index in [0.717, 1.165) is 17.6 Å². The lowest BCUT2D eigenvalue weighted by Gasteiger charge is -2.12. The molecule has 2 aromatic rings. The number of rotatable bonds is 3. The molecule has 90 valence electrons. The van der Waals surface area contributed by atoms with E-state index < -0.39 is 0 Å². The second-order valence-corrected chi connectivity index (χ2v) is 4.93. The zero-order chi connectivity index (χ0) is 12.4. The van der Waals surface area contributed by atoms with Crippen LogP contribution in [0, 0.1) is 0 Å². The van der Waals surface area contributed by atoms with Gasteiger partial charge < -0.3 is 0 Å². The van der Waals surface area contributed by atoms with Gasteiger partial charge in [-0.1, -0.05) is 39.0 Å². The molecule has 17 heavy (non-hydrogen) atoms. The van der Waals surface area contributed by atoms with E-state index in [0.29, 0.717) is 11.8 Å². The number of aryl methyl sites for hydroxylation is 1. The molecule has 0 fully saturated rings. The highest BCUT2D eigenvalue weighted by atomic mass is 35.5. The predicted molar refractivity (Wildman–Crippen MR) is 74.8 cm³/mol. The normalized spacial score (nSPS) is 11.4. The highest BCUT2D eigenvalue weighted by Crippen LogP contribution is 2.26. The van der Waals surface area contributed by atoms with Crippen LogP contribution in [-0.2, 0) is 12.3 Å². The van der Waals surface area contributed by atoms with Gasteiger partial charge in [0.2, 0.25) is 0 Å². The number of alkyl halides is 1. The van der Waals surface area contributed by atoms with Gasteiger partial charge in [-0.3, -0.25) is 4.98 Å². The molecule has 1 nitrogen and oxygen atoms in total. The van der Waals surface area contributed by atoms with Crippen LogP contribution in [0.3, 0.4) is 0 Å². The summed E-state index contributed by atoms with van der Waals surface area (Å²) in [5, 5.41) is 1.20. The average Bonchev–Trinajstić information content (AvgIpc) is 2.36. The maximum absolute atomic E-state index is 6.05. The number of nitrogens with zero attached hydrogens (tertiary/aromatic N) is 1. The smallest absolute Gasteiger partial charge is 0.0740 e. The summed E-state index contributed by atoms with van der Waals surface area (Å²) >= 11 is 6.05. The van der Waals surface area contributed by atoms with Crippen molar-refractivity contribution in [1.29, 1.82) is 0 Å². The van der Waals surface area contributed by atoms with E-state index in [1.165, 1.54) is 16.5 Å². The molecule has 0 radical (unpaired) electrons. The maximum Gasteiger partial charge on any atom is 0.0740 e. The molecular weight excluding hydrogens is 230 g/mol. The van der Waals surface area contributed by atoms with Gasteiger partial charge in [0.15, 0.2) is 0 Å². The first-order chi connectivity index (χ1) is 8.17. The van der Waals surface area contributed by atoms with Gasteiger partial charge in [0.05, 0.1) is 5.52 Å². The zero-order valence-electron chi connectivity index (χ0n) is 10.6. The third-order valence-corrected chi connectivity index (χ3v) is 3.43. The van der Waals surface area contributed by atoms with Crippen LogP contribution in [-0.4, -0.2) is 4.98 Å². The van der Waals surface area contributed by atoms with Gasteiger partial charge in [-0.2, -0.15) is 0 Å². The fraction of sp³-hybridized carbons (Fsp3) is 0.400. The van der Waals surface area contributed by atoms with Gasteiger partial charge in [-0.15, -0.1) is 11.6 Å². The molecule has 2 heteroatoms. The Morgan fingerprint density at radius 2 is 2.00 bits per heavy atom. The molecule has 0 aliphatic carbocycles. The van der Waals surface area contributed by atoms with Crippen molar-refractivity contribution in [3.05, 3.63) is 41.1 Å². The van der Waals surface area contributed by atoms with Crippen LogP contribution in [0.15, 0.2) is 24.3 Å². The standard InChI is InChI=1S/C15H18ClN/c1-4-11-6-5-7-13-12(9-16)8-14(10(2)3)17-15(11)13/h5-8,10H,4,9H2,1-3H3. The van der Waals surface area contributed by atoms with E-state index in [9.17, 15) is 0 Å². The third-order valence-electron chi connectivity index (χ3n) is 3.14. The molecule has 0 N–H and O–H groups in total. The van der Waals surface area contributed by atoms with E-state index in [2.05, 4.69) is 45.0 Å². The second kappa shape index (κ2) is 5.05. The van der Waals surface area contributed by atoms with Crippen LogP contribution < -0.4 is 0 Å². The molecule has 0 amide bonds. The summed E-state index contributed by atoms with van der Waals surface area (Å²) < 4.78 is 0. The van der Waals surface area contributed by atoms with Gasteiger partial charge in [0.1, 0.15) is 0 Å². The van der Waals surface area contributed by atoms with Crippen LogP contribution in [0.2, 0.25) is 0 Å². The van der Waals surface area contributed by atoms with E-state index in [-0.39, 0.29) is 0 Å². The Morgan fingerprint density at radius 1 is 1.24 bits per heavy atom. The molecule has 1 heterocycles. The van der Waals surface area contributed by atoms with Crippen LogP contribution in [0.1, 0.15) is 43.5 Å². The number of aromatic nitrogens is 1. The first kappa shape index (κ1) is 12.4. The van der Waals surface area contributed by atoms with Crippen molar-refractivity contribution in [1.82, 2.24) is 4.98 Å². The number of hydrogen-bond donors (Lipinski definition) is 0. The van der Waals surface area contributed by atoms with Crippen molar-refractivity contribution in [3.63, 3.8) is 0 Å². The SMILES string of the molecule is CCc1cccc2c(CCl)cc(C(C)C)nc12. The molecule has 0 aliphatic heterocycles. The van der Waals surface area contributed by atoms with Crippen molar-refractivity contribution in [3.8, 4) is 0 Å². The Morgan fingerprint density at radius 3 is 2.59 bits per heavy atom. The van der Waals surface area contributed by atoms with Crippen molar-refractivity contribution in [2.45, 2.75) is 39.0 Å². The van der Waals surface area contributed by atoms with Crippen LogP contribution in [0.25, 0.3) is 10.9 Å². The number of benzene rings is 1. The topological polar surface area (TPSA) is 12.9 Å². The van der Waals surface area contributed by atoms with Gasteiger partial charge in [0, 0.05) is 17.0 Å². The van der Waals surface area contributed by atoms with Crippen LogP contribution in [0.5, 0.6) is 0 Å². The molecule has 2 rings (SSSR count). The molecule has 1 aromatic heterocycles. The van der Waals surface area contributed by atoms with E-state index in [1.807, 2.05) is 0 Å². The molecule has 0 unspecified atom stereocenters. The highest BCUT2D eigenvalue weighted by Gasteiger charge is 2.09. The lowest BCUT2D eigenvalue weighted by Crippen LogP contribution is -1.98. The Bertz CT molecular complexity index is 532. The fourth-order valence-electron chi connectivity index (χ4n) is 2.09. The number of hydrogen-bond acceptors (Lipinski definition) is 1. The molecular formula is C15H18ClN. The van der Waals surface area contributed by atoms with Gasteiger partial charge in [0.25, 0.3) is 0 Å². The number of halogens is 1. The number of fused-ring (bicyclic) bond motifs is 1. The molecule has 0 saturated heterocycles. The Hall–Kier alpha value is -1.08. The molecule has 0 saturated carbocycles. The maximum atomic E-state index is 6.05. The second-order valence-electron chi connectivity index (χ2n) is 4.66. The van der Waals surface area contributed by atoms with Gasteiger partial charge in [-0.25, -0.2) is 0 Å². The highest BCUT2D eigenvalue weighted by molar-refractivity contribution is 6.18. The van der Waals surface area contributed by atoms with E-state index >= 15 is 0 Å². The minimum Gasteiger partial charge on any atom is -0.252 e. The summed E-state index contributed by atoms with van der Waals surface area (Å²) in [5.74, 6) is 0.984. The lowest BCUT2D eigenvalue weighted by molar-refractivity contribution is 0.827. The molecule has 0 aliphatic rings. The third kappa shape index (κ3) is 2.30. The largest absolute Gasteiger partial charge is 0.252 e. The summed E-state index contributed by atoms with van der Waals surface area (Å²) in [7, 11) is 0. The Kier molecular flexibility index (Phi) is 3.68.